The Morgan fingerprint density at radius 3 is 2.63 bits per heavy atom. The Balaban J connectivity index is 2.30. The molecule has 1 aromatic carbocycles. The molecule has 0 aromatic heterocycles. The monoisotopic (exact) mass is 266 g/mol. The molecule has 1 fully saturated rings. The smallest absolute Gasteiger partial charge is 0.309 e. The van der Waals surface area contributed by atoms with Crippen LogP contribution in [-0.2, 0) is 9.59 Å². The zero-order chi connectivity index (χ0) is 14.0. The Bertz CT molecular complexity index is 489. The SMILES string of the molecule is CC1NCC(C(=O)O)CN(c2ccc(F)cc2)C1=O. The largest absolute Gasteiger partial charge is 0.481 e. The molecule has 1 aliphatic heterocycles. The highest BCUT2D eigenvalue weighted by Crippen LogP contribution is 2.19. The summed E-state index contributed by atoms with van der Waals surface area (Å²) < 4.78 is 12.9. The molecule has 19 heavy (non-hydrogen) atoms. The van der Waals surface area contributed by atoms with Crippen LogP contribution in [0.5, 0.6) is 0 Å². The standard InChI is InChI=1S/C13H15FN2O3/c1-8-12(17)16(7-9(6-15-8)13(18)19)11-4-2-10(14)3-5-11/h2-5,8-9,15H,6-7H2,1H3,(H,18,19). The molecule has 102 valence electrons. The average molecular weight is 266 g/mol. The Morgan fingerprint density at radius 2 is 2.05 bits per heavy atom. The van der Waals surface area contributed by atoms with Gasteiger partial charge in [0.15, 0.2) is 0 Å². The van der Waals surface area contributed by atoms with Crippen molar-refractivity contribution in [3.05, 3.63) is 30.1 Å². The third kappa shape index (κ3) is 2.90. The third-order valence-electron chi connectivity index (χ3n) is 3.20. The first-order chi connectivity index (χ1) is 8.99. The predicted octanol–water partition coefficient (Wildman–Crippen LogP) is 0.851. The normalized spacial score (nSPS) is 24.1. The van der Waals surface area contributed by atoms with Crippen molar-refractivity contribution in [3.63, 3.8) is 0 Å². The van der Waals surface area contributed by atoms with E-state index in [1.807, 2.05) is 0 Å². The van der Waals surface area contributed by atoms with Crippen LogP contribution in [0, 0.1) is 11.7 Å². The molecule has 2 atom stereocenters. The number of amides is 1. The predicted molar refractivity (Wildman–Crippen MR) is 67.3 cm³/mol. The zero-order valence-corrected chi connectivity index (χ0v) is 10.5. The average Bonchev–Trinajstić information content (AvgIpc) is 2.52. The van der Waals surface area contributed by atoms with E-state index in [4.69, 9.17) is 5.11 Å². The second-order valence-corrected chi connectivity index (χ2v) is 4.59. The quantitative estimate of drug-likeness (QED) is 0.832. The molecule has 0 saturated carbocycles. The molecule has 2 rings (SSSR count). The van der Waals surface area contributed by atoms with Crippen LogP contribution in [0.3, 0.4) is 0 Å². The fourth-order valence-corrected chi connectivity index (χ4v) is 2.03. The van der Waals surface area contributed by atoms with Crippen LogP contribution in [0.2, 0.25) is 0 Å². The molecule has 6 heteroatoms. The van der Waals surface area contributed by atoms with Gasteiger partial charge in [0.1, 0.15) is 5.82 Å². The highest BCUT2D eigenvalue weighted by Gasteiger charge is 2.32. The number of hydrogen-bond donors (Lipinski definition) is 2. The van der Waals surface area contributed by atoms with Crippen LogP contribution in [0.15, 0.2) is 24.3 Å². The minimum Gasteiger partial charge on any atom is -0.481 e. The molecule has 5 nitrogen and oxygen atoms in total. The summed E-state index contributed by atoms with van der Waals surface area (Å²) in [5.74, 6) is -2.25. The van der Waals surface area contributed by atoms with Gasteiger partial charge in [0.05, 0.1) is 12.0 Å². The van der Waals surface area contributed by atoms with Crippen molar-refractivity contribution in [3.8, 4) is 0 Å². The summed E-state index contributed by atoms with van der Waals surface area (Å²) in [5.41, 5.74) is 0.508. The number of nitrogens with zero attached hydrogens (tertiary/aromatic N) is 1. The van der Waals surface area contributed by atoms with Gasteiger partial charge in [0.25, 0.3) is 0 Å². The summed E-state index contributed by atoms with van der Waals surface area (Å²) in [6.07, 6.45) is 0. The first kappa shape index (κ1) is 13.5. The molecule has 0 radical (unpaired) electrons. The van der Waals surface area contributed by atoms with Gasteiger partial charge in [-0.15, -0.1) is 0 Å². The fourth-order valence-electron chi connectivity index (χ4n) is 2.03. The number of aliphatic carboxylic acids is 1. The first-order valence-corrected chi connectivity index (χ1v) is 6.02. The maximum absolute atomic E-state index is 12.9. The van der Waals surface area contributed by atoms with E-state index in [9.17, 15) is 14.0 Å². The Kier molecular flexibility index (Phi) is 3.80. The van der Waals surface area contributed by atoms with E-state index < -0.39 is 23.7 Å². The number of hydrogen-bond acceptors (Lipinski definition) is 3. The number of carboxylic acids is 1. The summed E-state index contributed by atoms with van der Waals surface area (Å²) in [6, 6.07) is 4.99. The van der Waals surface area contributed by atoms with Crippen molar-refractivity contribution in [2.45, 2.75) is 13.0 Å². The molecule has 0 bridgehead atoms. The molecule has 1 heterocycles. The van der Waals surface area contributed by atoms with E-state index in [1.165, 1.54) is 29.2 Å². The van der Waals surface area contributed by atoms with Gasteiger partial charge in [-0.2, -0.15) is 0 Å². The lowest BCUT2D eigenvalue weighted by atomic mass is 10.1. The van der Waals surface area contributed by atoms with Crippen molar-refractivity contribution < 1.29 is 19.1 Å². The minimum atomic E-state index is -0.957. The van der Waals surface area contributed by atoms with Crippen LogP contribution in [-0.4, -0.2) is 36.1 Å². The van der Waals surface area contributed by atoms with Gasteiger partial charge in [-0.1, -0.05) is 0 Å². The molecule has 1 saturated heterocycles. The molecule has 1 aliphatic rings. The molecule has 2 unspecified atom stereocenters. The lowest BCUT2D eigenvalue weighted by molar-refractivity contribution is -0.141. The van der Waals surface area contributed by atoms with Gasteiger partial charge < -0.3 is 15.3 Å². The Hall–Kier alpha value is -1.95. The van der Waals surface area contributed by atoms with E-state index >= 15 is 0 Å². The van der Waals surface area contributed by atoms with Gasteiger partial charge in [0, 0.05) is 18.8 Å². The summed E-state index contributed by atoms with van der Waals surface area (Å²) in [5, 5.41) is 12.0. The highest BCUT2D eigenvalue weighted by molar-refractivity contribution is 5.98. The number of anilines is 1. The van der Waals surface area contributed by atoms with Crippen LogP contribution >= 0.6 is 0 Å². The van der Waals surface area contributed by atoms with Gasteiger partial charge in [0.2, 0.25) is 5.91 Å². The zero-order valence-electron chi connectivity index (χ0n) is 10.5. The Morgan fingerprint density at radius 1 is 1.42 bits per heavy atom. The van der Waals surface area contributed by atoms with Gasteiger partial charge in [-0.3, -0.25) is 9.59 Å². The first-order valence-electron chi connectivity index (χ1n) is 6.02. The Labute approximate surface area is 110 Å². The van der Waals surface area contributed by atoms with Gasteiger partial charge >= 0.3 is 5.97 Å². The van der Waals surface area contributed by atoms with E-state index in [0.29, 0.717) is 5.69 Å². The minimum absolute atomic E-state index is 0.0805. The van der Waals surface area contributed by atoms with Crippen LogP contribution in [0.25, 0.3) is 0 Å². The molecule has 0 aliphatic carbocycles. The summed E-state index contributed by atoms with van der Waals surface area (Å²) >= 11 is 0. The van der Waals surface area contributed by atoms with Crippen LogP contribution < -0.4 is 10.2 Å². The number of halogens is 1. The summed E-state index contributed by atoms with van der Waals surface area (Å²) in [6.45, 7) is 2.00. The molecule has 0 spiro atoms. The number of benzene rings is 1. The van der Waals surface area contributed by atoms with Gasteiger partial charge in [-0.05, 0) is 31.2 Å². The lowest BCUT2D eigenvalue weighted by Crippen LogP contribution is -2.41. The van der Waals surface area contributed by atoms with Crippen LogP contribution in [0.4, 0.5) is 10.1 Å². The maximum atomic E-state index is 12.9. The third-order valence-corrected chi connectivity index (χ3v) is 3.20. The van der Waals surface area contributed by atoms with Crippen molar-refractivity contribution >= 4 is 17.6 Å². The number of carbonyl (C=O) groups excluding carboxylic acids is 1. The summed E-state index contributed by atoms with van der Waals surface area (Å²) in [4.78, 5) is 24.7. The molecule has 1 aromatic rings. The number of nitrogens with one attached hydrogen (secondary N) is 1. The molecular formula is C13H15FN2O3. The second-order valence-electron chi connectivity index (χ2n) is 4.59. The topological polar surface area (TPSA) is 69.6 Å². The van der Waals surface area contributed by atoms with E-state index in [-0.39, 0.29) is 19.0 Å². The number of rotatable bonds is 2. The maximum Gasteiger partial charge on any atom is 0.309 e. The van der Waals surface area contributed by atoms with E-state index in [1.54, 1.807) is 6.92 Å². The van der Waals surface area contributed by atoms with E-state index in [2.05, 4.69) is 5.32 Å². The van der Waals surface area contributed by atoms with E-state index in [0.717, 1.165) is 0 Å². The number of carbonyl (C=O) groups is 2. The molecule has 1 amide bonds. The lowest BCUT2D eigenvalue weighted by Gasteiger charge is -2.24. The van der Waals surface area contributed by atoms with Crippen molar-refractivity contribution in [2.24, 2.45) is 5.92 Å². The van der Waals surface area contributed by atoms with Crippen LogP contribution in [0.1, 0.15) is 6.92 Å². The van der Waals surface area contributed by atoms with Crippen molar-refractivity contribution in [1.82, 2.24) is 5.32 Å². The van der Waals surface area contributed by atoms with Gasteiger partial charge in [-0.25, -0.2) is 4.39 Å². The summed E-state index contributed by atoms with van der Waals surface area (Å²) in [7, 11) is 0. The molecular weight excluding hydrogens is 251 g/mol. The van der Waals surface area contributed by atoms with Crippen molar-refractivity contribution in [1.29, 1.82) is 0 Å². The second kappa shape index (κ2) is 5.36. The fraction of sp³-hybridized carbons (Fsp3) is 0.385. The van der Waals surface area contributed by atoms with Crippen molar-refractivity contribution in [2.75, 3.05) is 18.0 Å². The molecule has 2 N–H and O–H groups in total. The number of carboxylic acid groups (broad SMARTS) is 1. The highest BCUT2D eigenvalue weighted by atomic mass is 19.1.